The van der Waals surface area contributed by atoms with Crippen LogP contribution in [0.5, 0.6) is 0 Å². The van der Waals surface area contributed by atoms with Gasteiger partial charge in [0.25, 0.3) is 0 Å². The number of nitrogens with one attached hydrogen (secondary N) is 1. The molecule has 4 nitrogen and oxygen atoms in total. The molecule has 3 rings (SSSR count). The lowest BCUT2D eigenvalue weighted by Gasteiger charge is -2.05. The maximum atomic E-state index is 11.6. The van der Waals surface area contributed by atoms with E-state index in [1.54, 1.807) is 11.3 Å². The highest BCUT2D eigenvalue weighted by Crippen LogP contribution is 2.31. The number of rotatable bonds is 5. The minimum Gasteiger partial charge on any atom is -0.372 e. The van der Waals surface area contributed by atoms with Gasteiger partial charge in [-0.2, -0.15) is 0 Å². The number of aryl methyl sites for hydroxylation is 1. The van der Waals surface area contributed by atoms with E-state index in [2.05, 4.69) is 29.4 Å². The smallest absolute Gasteiger partial charge is 0.250 e. The van der Waals surface area contributed by atoms with E-state index in [1.807, 2.05) is 37.3 Å². The molecule has 0 saturated heterocycles. The lowest BCUT2D eigenvalue weighted by atomic mass is 10.2. The molecule has 2 aromatic carbocycles. The lowest BCUT2D eigenvalue weighted by molar-refractivity contribution is -0.120. The number of halogens is 1. The summed E-state index contributed by atoms with van der Waals surface area (Å²) in [5.74, 6) is -0.143. The first-order valence-corrected chi connectivity index (χ1v) is 8.32. The molecule has 3 aromatic rings. The molecular formula is C18H19ClN2O2S. The van der Waals surface area contributed by atoms with E-state index in [-0.39, 0.29) is 24.9 Å². The predicted molar refractivity (Wildman–Crippen MR) is 102 cm³/mol. The fourth-order valence-electron chi connectivity index (χ4n) is 2.24. The van der Waals surface area contributed by atoms with Crippen LogP contribution in [0.1, 0.15) is 12.5 Å². The molecule has 0 aliphatic rings. The molecule has 24 heavy (non-hydrogen) atoms. The molecule has 0 spiro atoms. The molecule has 0 saturated carbocycles. The van der Waals surface area contributed by atoms with Crippen LogP contribution in [0.4, 0.5) is 5.69 Å². The number of nitrogens with zero attached hydrogens (tertiary/aromatic N) is 1. The Labute approximate surface area is 151 Å². The van der Waals surface area contributed by atoms with Gasteiger partial charge in [0.15, 0.2) is 0 Å². The van der Waals surface area contributed by atoms with Crippen molar-refractivity contribution in [2.45, 2.75) is 13.8 Å². The first-order valence-electron chi connectivity index (χ1n) is 7.51. The SMILES string of the molecule is CCOCC(=O)Nc1ccc(-c2nc3ccc(C)cc3s2)cc1.Cl. The van der Waals surface area contributed by atoms with Crippen LogP contribution >= 0.6 is 23.7 Å². The van der Waals surface area contributed by atoms with E-state index in [9.17, 15) is 4.79 Å². The van der Waals surface area contributed by atoms with Gasteiger partial charge in [0.1, 0.15) is 11.6 Å². The Kier molecular flexibility index (Phi) is 6.31. The number of hydrogen-bond donors (Lipinski definition) is 1. The zero-order valence-corrected chi connectivity index (χ0v) is 15.2. The Morgan fingerprint density at radius 2 is 1.96 bits per heavy atom. The van der Waals surface area contributed by atoms with Crippen LogP contribution in [-0.4, -0.2) is 24.1 Å². The normalized spacial score (nSPS) is 10.4. The minimum absolute atomic E-state index is 0. The van der Waals surface area contributed by atoms with Crippen molar-refractivity contribution in [1.82, 2.24) is 4.98 Å². The van der Waals surface area contributed by atoms with Gasteiger partial charge >= 0.3 is 0 Å². The van der Waals surface area contributed by atoms with E-state index in [1.165, 1.54) is 10.3 Å². The number of thiazole rings is 1. The van der Waals surface area contributed by atoms with Crippen molar-refractivity contribution in [3.05, 3.63) is 48.0 Å². The summed E-state index contributed by atoms with van der Waals surface area (Å²) in [6.45, 7) is 4.55. The van der Waals surface area contributed by atoms with Crippen LogP contribution in [0.15, 0.2) is 42.5 Å². The van der Waals surface area contributed by atoms with Gasteiger partial charge < -0.3 is 10.1 Å². The van der Waals surface area contributed by atoms with E-state index >= 15 is 0 Å². The number of hydrogen-bond acceptors (Lipinski definition) is 4. The second-order valence-electron chi connectivity index (χ2n) is 5.25. The molecule has 1 N–H and O–H groups in total. The van der Waals surface area contributed by atoms with Gasteiger partial charge in [-0.25, -0.2) is 4.98 Å². The summed E-state index contributed by atoms with van der Waals surface area (Å²) in [6.07, 6.45) is 0. The van der Waals surface area contributed by atoms with Gasteiger partial charge in [0.2, 0.25) is 5.91 Å². The molecule has 0 aliphatic heterocycles. The third-order valence-electron chi connectivity index (χ3n) is 3.40. The third kappa shape index (κ3) is 4.32. The Morgan fingerprint density at radius 1 is 1.21 bits per heavy atom. The summed E-state index contributed by atoms with van der Waals surface area (Å²) in [7, 11) is 0. The van der Waals surface area contributed by atoms with Crippen LogP contribution in [0.3, 0.4) is 0 Å². The van der Waals surface area contributed by atoms with Crippen molar-refractivity contribution < 1.29 is 9.53 Å². The van der Waals surface area contributed by atoms with Crippen molar-refractivity contribution >= 4 is 45.6 Å². The monoisotopic (exact) mass is 362 g/mol. The average Bonchev–Trinajstić information content (AvgIpc) is 2.96. The summed E-state index contributed by atoms with van der Waals surface area (Å²) in [5.41, 5.74) is 4.06. The fourth-order valence-corrected chi connectivity index (χ4v) is 3.31. The van der Waals surface area contributed by atoms with E-state index < -0.39 is 0 Å². The molecule has 1 heterocycles. The quantitative estimate of drug-likeness (QED) is 0.717. The highest BCUT2D eigenvalue weighted by Gasteiger charge is 2.07. The van der Waals surface area contributed by atoms with Crippen LogP contribution in [0.25, 0.3) is 20.8 Å². The van der Waals surface area contributed by atoms with Crippen molar-refractivity contribution in [3.63, 3.8) is 0 Å². The number of carbonyl (C=O) groups is 1. The Morgan fingerprint density at radius 3 is 2.67 bits per heavy atom. The minimum atomic E-state index is -0.143. The first-order chi connectivity index (χ1) is 11.2. The maximum Gasteiger partial charge on any atom is 0.250 e. The van der Waals surface area contributed by atoms with Crippen LogP contribution in [-0.2, 0) is 9.53 Å². The molecule has 0 bridgehead atoms. The first kappa shape index (κ1) is 18.4. The number of anilines is 1. The standard InChI is InChI=1S/C18H18N2O2S.ClH/c1-3-22-11-17(21)19-14-7-5-13(6-8-14)18-20-15-9-4-12(2)10-16(15)23-18;/h4-10H,3,11H2,1-2H3,(H,19,21);1H. The third-order valence-corrected chi connectivity index (χ3v) is 4.46. The Balaban J connectivity index is 0.00000208. The summed E-state index contributed by atoms with van der Waals surface area (Å²) in [6, 6.07) is 14.0. The van der Waals surface area contributed by atoms with Crippen LogP contribution < -0.4 is 5.32 Å². The number of amides is 1. The largest absolute Gasteiger partial charge is 0.372 e. The lowest BCUT2D eigenvalue weighted by Crippen LogP contribution is -2.18. The molecule has 6 heteroatoms. The van der Waals surface area contributed by atoms with Crippen LogP contribution in [0.2, 0.25) is 0 Å². The number of ether oxygens (including phenoxy) is 1. The predicted octanol–water partition coefficient (Wildman–Crippen LogP) is 4.67. The topological polar surface area (TPSA) is 51.2 Å². The number of carbonyl (C=O) groups excluding carboxylic acids is 1. The summed E-state index contributed by atoms with van der Waals surface area (Å²) in [5, 5.41) is 3.79. The zero-order valence-electron chi connectivity index (χ0n) is 13.5. The zero-order chi connectivity index (χ0) is 16.2. The van der Waals surface area contributed by atoms with Gasteiger partial charge in [-0.3, -0.25) is 4.79 Å². The van der Waals surface area contributed by atoms with Gasteiger partial charge in [-0.1, -0.05) is 6.07 Å². The Hall–Kier alpha value is -1.95. The van der Waals surface area contributed by atoms with Crippen molar-refractivity contribution in [2.24, 2.45) is 0 Å². The highest BCUT2D eigenvalue weighted by atomic mass is 35.5. The van der Waals surface area contributed by atoms with E-state index in [0.717, 1.165) is 21.8 Å². The van der Waals surface area contributed by atoms with Crippen LogP contribution in [0, 0.1) is 6.92 Å². The summed E-state index contributed by atoms with van der Waals surface area (Å²) < 4.78 is 6.27. The molecule has 0 radical (unpaired) electrons. The van der Waals surface area contributed by atoms with Gasteiger partial charge in [-0.05, 0) is 55.8 Å². The molecule has 0 fully saturated rings. The molecule has 0 unspecified atom stereocenters. The molecule has 0 atom stereocenters. The summed E-state index contributed by atoms with van der Waals surface area (Å²) in [4.78, 5) is 16.3. The van der Waals surface area contributed by atoms with Gasteiger partial charge in [-0.15, -0.1) is 23.7 Å². The fraction of sp³-hybridized carbons (Fsp3) is 0.222. The molecule has 0 aliphatic carbocycles. The number of aromatic nitrogens is 1. The number of fused-ring (bicyclic) bond motifs is 1. The molecular weight excluding hydrogens is 344 g/mol. The van der Waals surface area contributed by atoms with Gasteiger partial charge in [0.05, 0.1) is 10.2 Å². The average molecular weight is 363 g/mol. The summed E-state index contributed by atoms with van der Waals surface area (Å²) >= 11 is 1.68. The number of benzene rings is 2. The second-order valence-corrected chi connectivity index (χ2v) is 6.28. The molecule has 1 aromatic heterocycles. The van der Waals surface area contributed by atoms with Crippen molar-refractivity contribution in [3.8, 4) is 10.6 Å². The Bertz CT molecular complexity index is 831. The maximum absolute atomic E-state index is 11.6. The highest BCUT2D eigenvalue weighted by molar-refractivity contribution is 7.21. The van der Waals surface area contributed by atoms with Gasteiger partial charge in [0, 0.05) is 17.9 Å². The van der Waals surface area contributed by atoms with Crippen molar-refractivity contribution in [1.29, 1.82) is 0 Å². The van der Waals surface area contributed by atoms with Crippen molar-refractivity contribution in [2.75, 3.05) is 18.5 Å². The second kappa shape index (κ2) is 8.24. The molecule has 126 valence electrons. The molecule has 1 amide bonds. The van der Waals surface area contributed by atoms with E-state index in [0.29, 0.717) is 6.61 Å². The van der Waals surface area contributed by atoms with E-state index in [4.69, 9.17) is 4.74 Å².